The number of alkyl halides is 3. The van der Waals surface area contributed by atoms with Gasteiger partial charge in [-0.05, 0) is 31.0 Å². The van der Waals surface area contributed by atoms with Crippen LogP contribution in [0.2, 0.25) is 0 Å². The average molecular weight is 320 g/mol. The van der Waals surface area contributed by atoms with Gasteiger partial charge in [0, 0.05) is 0 Å². The first-order chi connectivity index (χ1) is 9.67. The van der Waals surface area contributed by atoms with Crippen molar-refractivity contribution in [2.45, 2.75) is 25.4 Å². The Hall–Kier alpha value is -1.70. The molecule has 0 aliphatic heterocycles. The van der Waals surface area contributed by atoms with E-state index in [1.807, 2.05) is 0 Å². The van der Waals surface area contributed by atoms with Crippen LogP contribution in [0, 0.1) is 11.2 Å². The van der Waals surface area contributed by atoms with Crippen LogP contribution in [-0.2, 0) is 11.0 Å². The predicted molar refractivity (Wildman–Crippen MR) is 73.1 cm³/mol. The number of thiocarbonyl (C=S) groups is 1. The molecule has 114 valence electrons. The molecule has 1 aliphatic carbocycles. The molecule has 0 bridgehead atoms. The van der Waals surface area contributed by atoms with Crippen molar-refractivity contribution in [1.82, 2.24) is 0 Å². The predicted octanol–water partition coefficient (Wildman–Crippen LogP) is 3.24. The minimum Gasteiger partial charge on any atom is -0.392 e. The fourth-order valence-electron chi connectivity index (χ4n) is 2.16. The summed E-state index contributed by atoms with van der Waals surface area (Å²) < 4.78 is 51.4. The van der Waals surface area contributed by atoms with Crippen molar-refractivity contribution >= 4 is 28.8 Å². The van der Waals surface area contributed by atoms with E-state index in [0.717, 1.165) is 6.42 Å². The Morgan fingerprint density at radius 1 is 1.33 bits per heavy atom. The number of carbonyl (C=O) groups excluding carboxylic acids is 1. The number of nitrogens with one attached hydrogen (secondary N) is 1. The molecule has 1 aliphatic rings. The summed E-state index contributed by atoms with van der Waals surface area (Å²) in [5.74, 6) is -1.62. The van der Waals surface area contributed by atoms with Crippen molar-refractivity contribution in [2.24, 2.45) is 11.1 Å². The molecular weight excluding hydrogens is 308 g/mol. The van der Waals surface area contributed by atoms with Gasteiger partial charge in [-0.25, -0.2) is 4.39 Å². The fourth-order valence-corrected chi connectivity index (χ4v) is 2.45. The van der Waals surface area contributed by atoms with Crippen molar-refractivity contribution in [3.8, 4) is 0 Å². The minimum atomic E-state index is -4.62. The Kier molecular flexibility index (Phi) is 3.92. The zero-order valence-electron chi connectivity index (χ0n) is 10.8. The van der Waals surface area contributed by atoms with E-state index in [1.54, 1.807) is 0 Å². The zero-order chi connectivity index (χ0) is 15.8. The van der Waals surface area contributed by atoms with E-state index in [0.29, 0.717) is 31.0 Å². The third-order valence-electron chi connectivity index (χ3n) is 3.66. The molecule has 3 nitrogen and oxygen atoms in total. The number of carbonyl (C=O) groups is 1. The number of rotatable bonds is 3. The first kappa shape index (κ1) is 15.7. The van der Waals surface area contributed by atoms with Gasteiger partial charge >= 0.3 is 6.18 Å². The Labute approximate surface area is 123 Å². The molecule has 21 heavy (non-hydrogen) atoms. The summed E-state index contributed by atoms with van der Waals surface area (Å²) >= 11 is 4.83. The number of anilines is 1. The molecule has 2 rings (SSSR count). The van der Waals surface area contributed by atoms with Crippen molar-refractivity contribution < 1.29 is 22.4 Å². The Balaban J connectivity index is 2.27. The van der Waals surface area contributed by atoms with Crippen LogP contribution in [0.4, 0.5) is 23.2 Å². The molecule has 0 aromatic heterocycles. The molecule has 1 aromatic carbocycles. The lowest BCUT2D eigenvalue weighted by Gasteiger charge is -2.39. The topological polar surface area (TPSA) is 55.1 Å². The first-order valence-corrected chi connectivity index (χ1v) is 6.56. The van der Waals surface area contributed by atoms with Gasteiger partial charge in [0.25, 0.3) is 0 Å². The van der Waals surface area contributed by atoms with E-state index in [4.69, 9.17) is 18.0 Å². The summed E-state index contributed by atoms with van der Waals surface area (Å²) in [7, 11) is 0. The highest BCUT2D eigenvalue weighted by Gasteiger charge is 2.47. The van der Waals surface area contributed by atoms with Gasteiger partial charge in [-0.1, -0.05) is 18.6 Å². The monoisotopic (exact) mass is 320 g/mol. The van der Waals surface area contributed by atoms with Crippen LogP contribution < -0.4 is 11.1 Å². The van der Waals surface area contributed by atoms with Gasteiger partial charge in [-0.2, -0.15) is 13.2 Å². The van der Waals surface area contributed by atoms with Gasteiger partial charge < -0.3 is 11.1 Å². The summed E-state index contributed by atoms with van der Waals surface area (Å²) in [6, 6.07) is 1.82. The Morgan fingerprint density at radius 3 is 2.38 bits per heavy atom. The van der Waals surface area contributed by atoms with Gasteiger partial charge in [-0.15, -0.1) is 0 Å². The van der Waals surface area contributed by atoms with Gasteiger partial charge in [0.05, 0.1) is 21.7 Å². The summed E-state index contributed by atoms with van der Waals surface area (Å²) in [4.78, 5) is 12.1. The number of benzene rings is 1. The quantitative estimate of drug-likeness (QED) is 0.664. The molecule has 0 atom stereocenters. The van der Waals surface area contributed by atoms with Crippen molar-refractivity contribution in [3.05, 3.63) is 29.6 Å². The smallest absolute Gasteiger partial charge is 0.392 e. The minimum absolute atomic E-state index is 0.0290. The molecule has 1 amide bonds. The highest BCUT2D eigenvalue weighted by Crippen LogP contribution is 2.42. The summed E-state index contributed by atoms with van der Waals surface area (Å²) in [5.41, 5.74) is 2.86. The van der Waals surface area contributed by atoms with Crippen molar-refractivity contribution in [1.29, 1.82) is 0 Å². The van der Waals surface area contributed by atoms with E-state index in [1.165, 1.54) is 0 Å². The van der Waals surface area contributed by atoms with E-state index >= 15 is 0 Å². The molecule has 1 saturated carbocycles. The van der Waals surface area contributed by atoms with Crippen molar-refractivity contribution in [2.75, 3.05) is 5.32 Å². The highest BCUT2D eigenvalue weighted by molar-refractivity contribution is 7.80. The summed E-state index contributed by atoms with van der Waals surface area (Å²) in [6.07, 6.45) is -3.07. The molecule has 0 spiro atoms. The summed E-state index contributed by atoms with van der Waals surface area (Å²) in [5, 5.41) is 2.17. The third-order valence-corrected chi connectivity index (χ3v) is 4.05. The van der Waals surface area contributed by atoms with E-state index in [2.05, 4.69) is 5.32 Å². The second-order valence-corrected chi connectivity index (χ2v) is 5.39. The second kappa shape index (κ2) is 5.25. The maximum absolute atomic E-state index is 13.6. The average Bonchev–Trinajstić information content (AvgIpc) is 2.28. The van der Waals surface area contributed by atoms with Gasteiger partial charge in [0.2, 0.25) is 5.91 Å². The standard InChI is InChI=1S/C13H12F4N2OS/c14-8-3-2-7(13(15,16)17)6-9(8)19-11(20)12(10(18)21)4-1-5-12/h2-3,6H,1,4-5H2,(H2,18,21)(H,19,20). The van der Waals surface area contributed by atoms with Gasteiger partial charge in [0.15, 0.2) is 0 Å². The van der Waals surface area contributed by atoms with Gasteiger partial charge in [0.1, 0.15) is 5.82 Å². The highest BCUT2D eigenvalue weighted by atomic mass is 32.1. The molecule has 0 heterocycles. The molecule has 0 unspecified atom stereocenters. The maximum atomic E-state index is 13.6. The largest absolute Gasteiger partial charge is 0.416 e. The van der Waals surface area contributed by atoms with E-state index in [-0.39, 0.29) is 4.99 Å². The van der Waals surface area contributed by atoms with Crippen LogP contribution in [0.5, 0.6) is 0 Å². The van der Waals surface area contributed by atoms with Gasteiger partial charge in [-0.3, -0.25) is 4.79 Å². The Bertz CT molecular complexity index is 596. The van der Waals surface area contributed by atoms with Crippen molar-refractivity contribution in [3.63, 3.8) is 0 Å². The molecule has 3 N–H and O–H groups in total. The summed E-state index contributed by atoms with van der Waals surface area (Å²) in [6.45, 7) is 0. The van der Waals surface area contributed by atoms with Crippen LogP contribution in [0.25, 0.3) is 0 Å². The van der Waals surface area contributed by atoms with E-state index < -0.39 is 34.6 Å². The molecule has 1 aromatic rings. The lowest BCUT2D eigenvalue weighted by molar-refractivity contribution is -0.137. The maximum Gasteiger partial charge on any atom is 0.416 e. The number of hydrogen-bond acceptors (Lipinski definition) is 2. The van der Waals surface area contributed by atoms with Crippen LogP contribution in [0.1, 0.15) is 24.8 Å². The Morgan fingerprint density at radius 2 is 1.95 bits per heavy atom. The van der Waals surface area contributed by atoms with Crippen LogP contribution in [0.3, 0.4) is 0 Å². The molecular formula is C13H12F4N2OS. The fraction of sp³-hybridized carbons (Fsp3) is 0.385. The lowest BCUT2D eigenvalue weighted by atomic mass is 9.68. The number of amides is 1. The molecule has 1 fully saturated rings. The number of nitrogens with two attached hydrogens (primary N) is 1. The van der Waals surface area contributed by atoms with Crippen LogP contribution in [-0.4, -0.2) is 10.9 Å². The second-order valence-electron chi connectivity index (χ2n) is 4.95. The SMILES string of the molecule is NC(=S)C1(C(=O)Nc2cc(C(F)(F)F)ccc2F)CCC1. The first-order valence-electron chi connectivity index (χ1n) is 6.15. The third kappa shape index (κ3) is 2.85. The molecule has 8 heteroatoms. The number of hydrogen-bond donors (Lipinski definition) is 2. The number of halogens is 4. The normalized spacial score (nSPS) is 17.0. The molecule has 0 saturated heterocycles. The zero-order valence-corrected chi connectivity index (χ0v) is 11.6. The van der Waals surface area contributed by atoms with Crippen LogP contribution >= 0.6 is 12.2 Å². The molecule has 0 radical (unpaired) electrons. The van der Waals surface area contributed by atoms with Crippen LogP contribution in [0.15, 0.2) is 18.2 Å². The van der Waals surface area contributed by atoms with E-state index in [9.17, 15) is 22.4 Å². The lowest BCUT2D eigenvalue weighted by Crippen LogP contribution is -2.50.